The van der Waals surface area contributed by atoms with Gasteiger partial charge >= 0.3 is 5.97 Å². The lowest BCUT2D eigenvalue weighted by atomic mass is 9.86. The Bertz CT molecular complexity index is 1300. The number of carbonyl (C=O) groups is 1. The van der Waals surface area contributed by atoms with Crippen molar-refractivity contribution in [1.82, 2.24) is 14.5 Å². The van der Waals surface area contributed by atoms with E-state index < -0.39 is 16.5 Å². The molecule has 0 saturated carbocycles. The fourth-order valence-electron chi connectivity index (χ4n) is 4.22. The van der Waals surface area contributed by atoms with Gasteiger partial charge in [0.1, 0.15) is 6.61 Å². The zero-order chi connectivity index (χ0) is 20.5. The first kappa shape index (κ1) is 17.5. The summed E-state index contributed by atoms with van der Waals surface area (Å²) >= 11 is 0. The first-order valence-electron chi connectivity index (χ1n) is 9.14. The number of aromatic nitrogens is 2. The molecule has 4 aliphatic rings. The zero-order valence-electron chi connectivity index (χ0n) is 15.4. The molecule has 148 valence electrons. The summed E-state index contributed by atoms with van der Waals surface area (Å²) in [6.45, 7) is 1.69. The maximum absolute atomic E-state index is 13.1. The smallest absolute Gasteiger partial charge is 0.343 e. The molecule has 5 rings (SSSR count). The Kier molecular flexibility index (Phi) is 3.45. The quantitative estimate of drug-likeness (QED) is 0.361. The Hall–Kier alpha value is -3.59. The highest BCUT2D eigenvalue weighted by molar-refractivity contribution is 5.84. The maximum Gasteiger partial charge on any atom is 0.343 e. The molecule has 0 spiro atoms. The second-order valence-electron chi connectivity index (χ2n) is 7.27. The van der Waals surface area contributed by atoms with Gasteiger partial charge in [0.2, 0.25) is 5.36 Å². The molecule has 9 nitrogen and oxygen atoms in total. The van der Waals surface area contributed by atoms with Crippen molar-refractivity contribution in [3.8, 4) is 22.6 Å². The largest absolute Gasteiger partial charge is 0.612 e. The van der Waals surface area contributed by atoms with Crippen LogP contribution in [0.25, 0.3) is 22.6 Å². The summed E-state index contributed by atoms with van der Waals surface area (Å²) in [6.07, 6.45) is 0.0716. The third kappa shape index (κ3) is 2.21. The fraction of sp³-hybridized carbons (Fsp3) is 0.250. The number of benzene rings is 1. The van der Waals surface area contributed by atoms with Gasteiger partial charge in [-0.25, -0.2) is 4.79 Å². The lowest BCUT2D eigenvalue weighted by molar-refractivity contribution is -0.172. The van der Waals surface area contributed by atoms with E-state index in [9.17, 15) is 25.1 Å². The van der Waals surface area contributed by atoms with Crippen molar-refractivity contribution in [1.29, 1.82) is 0 Å². The third-order valence-electron chi connectivity index (χ3n) is 5.81. The minimum absolute atomic E-state index is 0.0245. The van der Waals surface area contributed by atoms with Crippen LogP contribution in [0.4, 0.5) is 0 Å². The number of pyridine rings is 2. The number of hydrogen-bond acceptors (Lipinski definition) is 6. The topological polar surface area (TPSA) is 133 Å². The number of carbonyl (C=O) groups excluding carboxylic acids is 1. The van der Waals surface area contributed by atoms with Crippen molar-refractivity contribution in [2.45, 2.75) is 32.1 Å². The molecule has 1 aromatic rings. The lowest BCUT2D eigenvalue weighted by Gasteiger charge is -2.31. The van der Waals surface area contributed by atoms with Gasteiger partial charge < -0.3 is 29.8 Å². The highest BCUT2D eigenvalue weighted by Gasteiger charge is 2.45. The summed E-state index contributed by atoms with van der Waals surface area (Å²) in [5.41, 5.74) is 1.18. The molecule has 1 unspecified atom stereocenters. The Balaban J connectivity index is 1.81. The van der Waals surface area contributed by atoms with Crippen LogP contribution in [0.3, 0.4) is 0 Å². The van der Waals surface area contributed by atoms with E-state index in [1.165, 1.54) is 10.6 Å². The second kappa shape index (κ2) is 5.71. The molecule has 0 amide bonds. The number of ether oxygens (including phenoxy) is 1. The Morgan fingerprint density at radius 2 is 2.10 bits per heavy atom. The molecule has 0 saturated heterocycles. The van der Waals surface area contributed by atoms with Gasteiger partial charge in [-0.1, -0.05) is 13.0 Å². The van der Waals surface area contributed by atoms with E-state index in [4.69, 9.17) is 4.74 Å². The van der Waals surface area contributed by atoms with Crippen LogP contribution in [0.15, 0.2) is 35.1 Å². The van der Waals surface area contributed by atoms with Gasteiger partial charge in [-0.3, -0.25) is 4.79 Å². The van der Waals surface area contributed by atoms with Crippen molar-refractivity contribution >= 4 is 5.97 Å². The van der Waals surface area contributed by atoms with Gasteiger partial charge in [0.25, 0.3) is 5.56 Å². The first-order valence-corrected chi connectivity index (χ1v) is 9.14. The van der Waals surface area contributed by atoms with Gasteiger partial charge in [-0.2, -0.15) is 4.90 Å². The molecule has 0 bridgehead atoms. The molecule has 2 N–H and O–H groups in total. The van der Waals surface area contributed by atoms with Crippen LogP contribution in [0.5, 0.6) is 0 Å². The van der Waals surface area contributed by atoms with Crippen LogP contribution in [0.1, 0.15) is 30.0 Å². The normalized spacial score (nSPS) is 19.4. The van der Waals surface area contributed by atoms with Crippen LogP contribution < -0.4 is 15.8 Å². The molecule has 9 heteroatoms. The van der Waals surface area contributed by atoms with Crippen molar-refractivity contribution < 1.29 is 14.6 Å². The van der Waals surface area contributed by atoms with E-state index in [2.05, 4.69) is 4.98 Å². The van der Waals surface area contributed by atoms with Crippen LogP contribution in [0.2, 0.25) is 0 Å². The molecular weight excluding hydrogens is 378 g/mol. The summed E-state index contributed by atoms with van der Waals surface area (Å²) in [6, 6.07) is 8.09. The van der Waals surface area contributed by atoms with Crippen LogP contribution in [-0.2, 0) is 28.3 Å². The van der Waals surface area contributed by atoms with E-state index in [-0.39, 0.29) is 41.6 Å². The predicted molar refractivity (Wildman–Crippen MR) is 102 cm³/mol. The second-order valence-corrected chi connectivity index (χ2v) is 7.27. The third-order valence-corrected chi connectivity index (χ3v) is 5.81. The summed E-state index contributed by atoms with van der Waals surface area (Å²) < 4.78 is 6.58. The minimum atomic E-state index is -1.87. The fourth-order valence-corrected chi connectivity index (χ4v) is 4.22. The average Bonchev–Trinajstić information content (AvgIpc) is 3.07. The summed E-state index contributed by atoms with van der Waals surface area (Å²) in [5.74, 6) is -0.770. The molecule has 1 aliphatic carbocycles. The summed E-state index contributed by atoms with van der Waals surface area (Å²) in [5, 5.41) is 33.6. The van der Waals surface area contributed by atoms with Crippen molar-refractivity contribution in [3.63, 3.8) is 0 Å². The highest BCUT2D eigenvalue weighted by atomic mass is 16.8. The molecule has 29 heavy (non-hydrogen) atoms. The van der Waals surface area contributed by atoms with Gasteiger partial charge in [0.05, 0.1) is 34.8 Å². The highest BCUT2D eigenvalue weighted by Crippen LogP contribution is 2.38. The number of fused-ring (bicyclic) bond motifs is 5. The Labute approximate surface area is 163 Å². The average molecular weight is 394 g/mol. The van der Waals surface area contributed by atoms with Crippen LogP contribution in [-0.4, -0.2) is 20.6 Å². The molecule has 3 aliphatic heterocycles. The molecule has 0 fully saturated rings. The SMILES string of the molecule is CCC1(O)C(=O)OCc2c1cc1n(c2=O)Cc2cc3c(=[N+]([O-])[O-])cccc-3[nH]c2-1. The van der Waals surface area contributed by atoms with Gasteiger partial charge in [0.15, 0.2) is 5.60 Å². The van der Waals surface area contributed by atoms with Gasteiger partial charge in [-0.15, -0.1) is 0 Å². The van der Waals surface area contributed by atoms with Crippen LogP contribution >= 0.6 is 0 Å². The molecule has 4 heterocycles. The van der Waals surface area contributed by atoms with Crippen LogP contribution in [0, 0.1) is 10.4 Å². The molecule has 1 aromatic heterocycles. The minimum Gasteiger partial charge on any atom is -0.612 e. The van der Waals surface area contributed by atoms with E-state index >= 15 is 0 Å². The summed E-state index contributed by atoms with van der Waals surface area (Å²) in [7, 11) is 0. The van der Waals surface area contributed by atoms with E-state index in [0.29, 0.717) is 22.6 Å². The summed E-state index contributed by atoms with van der Waals surface area (Å²) in [4.78, 5) is 28.0. The monoisotopic (exact) mass is 394 g/mol. The number of aliphatic hydroxyl groups is 1. The van der Waals surface area contributed by atoms with E-state index in [1.54, 1.807) is 31.2 Å². The van der Waals surface area contributed by atoms with Crippen molar-refractivity contribution in [2.75, 3.05) is 0 Å². The molecule has 0 radical (unpaired) electrons. The van der Waals surface area contributed by atoms with E-state index in [0.717, 1.165) is 5.56 Å². The van der Waals surface area contributed by atoms with E-state index in [1.807, 2.05) is 0 Å². The Morgan fingerprint density at radius 1 is 1.31 bits per heavy atom. The Morgan fingerprint density at radius 3 is 2.83 bits per heavy atom. The van der Waals surface area contributed by atoms with Crippen molar-refractivity contribution in [2.24, 2.45) is 0 Å². The molecule has 1 atom stereocenters. The standard InChI is InChI=1S/C20H16N3O6/c1-2-20(26)13-7-16-17-10(8-22(16)18(24)12(13)9-29-19(20)25)6-11-14(21-17)4-3-5-15(11)23(27)28/h3-7,21,26H,2,8-9H2,1H3/q-1. The number of H-pyrrole nitrogens is 1. The zero-order valence-corrected chi connectivity index (χ0v) is 15.4. The predicted octanol–water partition coefficient (Wildman–Crippen LogP) is 0.732. The number of hydrogen-bond donors (Lipinski definition) is 2. The number of rotatable bonds is 1. The number of aromatic amines is 1. The first-order chi connectivity index (χ1) is 13.8. The number of esters is 1. The molecule has 0 aromatic carbocycles. The number of nitrogens with one attached hydrogen (secondary N) is 1. The number of nitrogens with zero attached hydrogens (tertiary/aromatic N) is 2. The maximum atomic E-state index is 13.1. The number of cyclic esters (lactones) is 1. The van der Waals surface area contributed by atoms with Gasteiger partial charge in [0, 0.05) is 11.6 Å². The molecular formula is C20H16N3O6-. The van der Waals surface area contributed by atoms with Gasteiger partial charge in [-0.05, 0) is 30.2 Å². The van der Waals surface area contributed by atoms with Crippen molar-refractivity contribution in [3.05, 3.63) is 73.1 Å². The lowest BCUT2D eigenvalue weighted by Crippen LogP contribution is -2.44.